The highest BCUT2D eigenvalue weighted by atomic mass is 14.3. The van der Waals surface area contributed by atoms with Crippen LogP contribution < -0.4 is 0 Å². The van der Waals surface area contributed by atoms with Crippen LogP contribution in [0.2, 0.25) is 0 Å². The molecule has 1 saturated carbocycles. The van der Waals surface area contributed by atoms with E-state index in [9.17, 15) is 0 Å². The van der Waals surface area contributed by atoms with Crippen molar-refractivity contribution in [2.45, 2.75) is 105 Å². The second-order valence-electron chi connectivity index (χ2n) is 7.59. The van der Waals surface area contributed by atoms with Crippen LogP contribution in [0.25, 0.3) is 0 Å². The number of hydrogen-bond acceptors (Lipinski definition) is 0. The van der Waals surface area contributed by atoms with E-state index in [1.165, 1.54) is 77.0 Å². The highest BCUT2D eigenvalue weighted by Crippen LogP contribution is 2.34. The Balaban J connectivity index is 2.24. The molecule has 20 heavy (non-hydrogen) atoms. The van der Waals surface area contributed by atoms with E-state index < -0.39 is 0 Å². The van der Waals surface area contributed by atoms with Crippen LogP contribution in [0, 0.1) is 23.7 Å². The molecule has 0 amide bonds. The van der Waals surface area contributed by atoms with Crippen molar-refractivity contribution in [2.75, 3.05) is 0 Å². The van der Waals surface area contributed by atoms with E-state index in [1.54, 1.807) is 0 Å². The van der Waals surface area contributed by atoms with Crippen LogP contribution in [-0.2, 0) is 0 Å². The fourth-order valence-corrected chi connectivity index (χ4v) is 4.26. The Labute approximate surface area is 129 Å². The molecule has 0 bridgehead atoms. The zero-order valence-electron chi connectivity index (χ0n) is 14.8. The monoisotopic (exact) mass is 280 g/mol. The molecular formula is C20H40. The molecule has 0 aromatic rings. The Bertz CT molecular complexity index is 214. The van der Waals surface area contributed by atoms with E-state index in [-0.39, 0.29) is 0 Å². The van der Waals surface area contributed by atoms with E-state index in [2.05, 4.69) is 27.7 Å². The summed E-state index contributed by atoms with van der Waals surface area (Å²) in [7, 11) is 0. The summed E-state index contributed by atoms with van der Waals surface area (Å²) in [5.74, 6) is 3.96. The quantitative estimate of drug-likeness (QED) is 0.370. The summed E-state index contributed by atoms with van der Waals surface area (Å²) in [4.78, 5) is 0. The van der Waals surface area contributed by atoms with Gasteiger partial charge < -0.3 is 0 Å². The summed E-state index contributed by atoms with van der Waals surface area (Å²) in [5, 5.41) is 0. The van der Waals surface area contributed by atoms with Gasteiger partial charge in [-0.1, -0.05) is 98.3 Å². The van der Waals surface area contributed by atoms with Crippen LogP contribution in [0.1, 0.15) is 105 Å². The van der Waals surface area contributed by atoms with Gasteiger partial charge in [-0.2, -0.15) is 0 Å². The predicted octanol–water partition coefficient (Wildman–Crippen LogP) is 7.23. The van der Waals surface area contributed by atoms with E-state index in [0.717, 1.165) is 23.7 Å². The standard InChI is InChI=1S/C20H40/c1-5-7-9-12-17(3)19(6-2)16-15-18(4)20-13-10-8-11-14-20/h17-20H,5-16H2,1-4H3. The zero-order chi connectivity index (χ0) is 14.8. The number of unbranched alkanes of at least 4 members (excludes halogenated alkanes) is 2. The molecule has 1 rings (SSSR count). The second kappa shape index (κ2) is 10.7. The minimum Gasteiger partial charge on any atom is -0.0654 e. The molecule has 0 aliphatic heterocycles. The molecule has 0 aromatic heterocycles. The van der Waals surface area contributed by atoms with Crippen LogP contribution in [0.3, 0.4) is 0 Å². The smallest absolute Gasteiger partial charge is 0.0388 e. The van der Waals surface area contributed by atoms with Gasteiger partial charge in [0.1, 0.15) is 0 Å². The summed E-state index contributed by atoms with van der Waals surface area (Å²) in [6.07, 6.45) is 17.6. The molecular weight excluding hydrogens is 240 g/mol. The molecule has 3 atom stereocenters. The summed E-state index contributed by atoms with van der Waals surface area (Å²) >= 11 is 0. The lowest BCUT2D eigenvalue weighted by Gasteiger charge is -2.30. The fourth-order valence-electron chi connectivity index (χ4n) is 4.26. The lowest BCUT2D eigenvalue weighted by Crippen LogP contribution is -2.18. The predicted molar refractivity (Wildman–Crippen MR) is 92.1 cm³/mol. The Morgan fingerprint density at radius 1 is 0.850 bits per heavy atom. The third-order valence-corrected chi connectivity index (χ3v) is 6.04. The molecule has 0 heteroatoms. The molecule has 120 valence electrons. The van der Waals surface area contributed by atoms with Crippen molar-refractivity contribution < 1.29 is 0 Å². The van der Waals surface area contributed by atoms with Gasteiger partial charge in [-0.15, -0.1) is 0 Å². The Hall–Kier alpha value is 0. The molecule has 0 spiro atoms. The average molecular weight is 281 g/mol. The molecule has 3 unspecified atom stereocenters. The topological polar surface area (TPSA) is 0 Å². The molecule has 1 aliphatic carbocycles. The van der Waals surface area contributed by atoms with Crippen LogP contribution in [-0.4, -0.2) is 0 Å². The lowest BCUT2D eigenvalue weighted by molar-refractivity contribution is 0.217. The number of hydrogen-bond donors (Lipinski definition) is 0. The maximum Gasteiger partial charge on any atom is -0.0388 e. The van der Waals surface area contributed by atoms with Crippen molar-refractivity contribution in [3.63, 3.8) is 0 Å². The van der Waals surface area contributed by atoms with Gasteiger partial charge in [-0.3, -0.25) is 0 Å². The highest BCUT2D eigenvalue weighted by molar-refractivity contribution is 4.74. The molecule has 0 radical (unpaired) electrons. The first-order valence-corrected chi connectivity index (χ1v) is 9.69. The minimum absolute atomic E-state index is 0.949. The molecule has 0 nitrogen and oxygen atoms in total. The van der Waals surface area contributed by atoms with Gasteiger partial charge in [0.2, 0.25) is 0 Å². The fraction of sp³-hybridized carbons (Fsp3) is 1.00. The van der Waals surface area contributed by atoms with E-state index >= 15 is 0 Å². The van der Waals surface area contributed by atoms with Crippen molar-refractivity contribution in [3.05, 3.63) is 0 Å². The SMILES string of the molecule is CCCCCC(C)C(CC)CCC(C)C1CCCCC1. The first kappa shape index (κ1) is 18.1. The maximum atomic E-state index is 2.53. The molecule has 0 N–H and O–H groups in total. The first-order valence-electron chi connectivity index (χ1n) is 9.69. The Kier molecular flexibility index (Phi) is 9.65. The zero-order valence-corrected chi connectivity index (χ0v) is 14.8. The van der Waals surface area contributed by atoms with Gasteiger partial charge in [-0.05, 0) is 30.1 Å². The summed E-state index contributed by atoms with van der Waals surface area (Å²) in [6, 6.07) is 0. The van der Waals surface area contributed by atoms with Crippen LogP contribution in [0.5, 0.6) is 0 Å². The van der Waals surface area contributed by atoms with E-state index in [0.29, 0.717) is 0 Å². The summed E-state index contributed by atoms with van der Waals surface area (Å²) in [6.45, 7) is 9.76. The van der Waals surface area contributed by atoms with Gasteiger partial charge in [0.15, 0.2) is 0 Å². The van der Waals surface area contributed by atoms with Gasteiger partial charge >= 0.3 is 0 Å². The highest BCUT2D eigenvalue weighted by Gasteiger charge is 2.22. The molecule has 1 fully saturated rings. The van der Waals surface area contributed by atoms with Crippen molar-refractivity contribution in [1.29, 1.82) is 0 Å². The van der Waals surface area contributed by atoms with Gasteiger partial charge in [0.25, 0.3) is 0 Å². The maximum absolute atomic E-state index is 2.53. The van der Waals surface area contributed by atoms with Crippen LogP contribution in [0.15, 0.2) is 0 Å². The van der Waals surface area contributed by atoms with Crippen molar-refractivity contribution in [2.24, 2.45) is 23.7 Å². The van der Waals surface area contributed by atoms with Gasteiger partial charge in [0, 0.05) is 0 Å². The largest absolute Gasteiger partial charge is 0.0654 e. The van der Waals surface area contributed by atoms with E-state index in [1.807, 2.05) is 0 Å². The molecule has 0 saturated heterocycles. The van der Waals surface area contributed by atoms with Crippen LogP contribution >= 0.6 is 0 Å². The second-order valence-corrected chi connectivity index (χ2v) is 7.59. The Morgan fingerprint density at radius 2 is 1.55 bits per heavy atom. The third-order valence-electron chi connectivity index (χ3n) is 6.04. The van der Waals surface area contributed by atoms with Gasteiger partial charge in [0.05, 0.1) is 0 Å². The molecule has 0 aromatic carbocycles. The normalized spacial score (nSPS) is 21.6. The number of rotatable bonds is 10. The van der Waals surface area contributed by atoms with Crippen LogP contribution in [0.4, 0.5) is 0 Å². The Morgan fingerprint density at radius 3 is 2.15 bits per heavy atom. The molecule has 0 heterocycles. The van der Waals surface area contributed by atoms with Crippen molar-refractivity contribution in [1.82, 2.24) is 0 Å². The minimum atomic E-state index is 0.949. The van der Waals surface area contributed by atoms with Crippen molar-refractivity contribution in [3.8, 4) is 0 Å². The van der Waals surface area contributed by atoms with E-state index in [4.69, 9.17) is 0 Å². The molecule has 1 aliphatic rings. The first-order chi connectivity index (χ1) is 9.69. The van der Waals surface area contributed by atoms with Gasteiger partial charge in [-0.25, -0.2) is 0 Å². The lowest BCUT2D eigenvalue weighted by atomic mass is 9.76. The summed E-state index contributed by atoms with van der Waals surface area (Å²) < 4.78 is 0. The summed E-state index contributed by atoms with van der Waals surface area (Å²) in [5.41, 5.74) is 0. The van der Waals surface area contributed by atoms with Crippen molar-refractivity contribution >= 4 is 0 Å². The average Bonchev–Trinajstić information content (AvgIpc) is 2.49. The third kappa shape index (κ3) is 6.64.